The maximum Gasteiger partial charge on any atom is 0.408 e. The highest BCUT2D eigenvalue weighted by Gasteiger charge is 2.58. The van der Waals surface area contributed by atoms with Gasteiger partial charge in [0.2, 0.25) is 6.10 Å². The minimum absolute atomic E-state index is 0.0801. The number of methoxy groups -OCH3 is 1. The van der Waals surface area contributed by atoms with Gasteiger partial charge in [0.15, 0.2) is 6.10 Å². The number of para-hydroxylation sites is 1. The highest BCUT2D eigenvalue weighted by molar-refractivity contribution is 5.84. The highest BCUT2D eigenvalue weighted by Crippen LogP contribution is 2.55. The molecule has 1 aromatic heterocycles. The van der Waals surface area contributed by atoms with E-state index in [-0.39, 0.29) is 18.9 Å². The van der Waals surface area contributed by atoms with Crippen LogP contribution >= 0.6 is 0 Å². The average molecular weight is 547 g/mol. The summed E-state index contributed by atoms with van der Waals surface area (Å²) >= 11 is 0. The van der Waals surface area contributed by atoms with Crippen LogP contribution in [0.3, 0.4) is 0 Å². The summed E-state index contributed by atoms with van der Waals surface area (Å²) in [5.74, 6) is -1.10. The van der Waals surface area contributed by atoms with Crippen LogP contribution in [0.2, 0.25) is 0 Å². The largest absolute Gasteiger partial charge is 0.487 e. The van der Waals surface area contributed by atoms with Crippen molar-refractivity contribution in [1.82, 2.24) is 9.78 Å². The molecule has 0 aliphatic heterocycles. The molecule has 208 valence electrons. The standard InChI is InChI=1S/C28H29F3N2O6/c1-3-37-26(35)24(39-25(34)23(36-2)19-9-5-4-6-10-19)27(14-15-27)21-11-7-8-12-22(21)38-17-20-13-16-32-33(20)18-28(29,30)31/h4-13,16,23-24H,3,14-15,17-18H2,1-2H3/t23-,24-/m1/s1. The number of halogens is 3. The zero-order valence-corrected chi connectivity index (χ0v) is 21.5. The first kappa shape index (κ1) is 28.2. The molecule has 4 rings (SSSR count). The Bertz CT molecular complexity index is 1270. The van der Waals surface area contributed by atoms with E-state index in [9.17, 15) is 22.8 Å². The molecule has 8 nitrogen and oxygen atoms in total. The number of esters is 2. The number of hydrogen-bond donors (Lipinski definition) is 0. The van der Waals surface area contributed by atoms with Crippen molar-refractivity contribution in [3.8, 4) is 5.75 Å². The molecular weight excluding hydrogens is 517 g/mol. The van der Waals surface area contributed by atoms with E-state index in [1.54, 1.807) is 61.5 Å². The van der Waals surface area contributed by atoms with Crippen molar-refractivity contribution >= 4 is 11.9 Å². The van der Waals surface area contributed by atoms with Gasteiger partial charge in [-0.1, -0.05) is 48.5 Å². The SMILES string of the molecule is CCOC(=O)[C@@H](OC(=O)[C@H](OC)c1ccccc1)C1(c2ccccc2OCc2ccnn2CC(F)(F)F)CC1. The van der Waals surface area contributed by atoms with Crippen molar-refractivity contribution in [3.63, 3.8) is 0 Å². The first-order valence-electron chi connectivity index (χ1n) is 12.4. The summed E-state index contributed by atoms with van der Waals surface area (Å²) in [5, 5.41) is 3.74. The lowest BCUT2D eigenvalue weighted by Crippen LogP contribution is -2.41. The monoisotopic (exact) mass is 546 g/mol. The van der Waals surface area contributed by atoms with Gasteiger partial charge in [-0.25, -0.2) is 9.59 Å². The lowest BCUT2D eigenvalue weighted by Gasteiger charge is -2.28. The molecule has 0 saturated heterocycles. The molecule has 11 heteroatoms. The van der Waals surface area contributed by atoms with E-state index >= 15 is 0 Å². The smallest absolute Gasteiger partial charge is 0.408 e. The molecule has 2 aromatic carbocycles. The minimum Gasteiger partial charge on any atom is -0.487 e. The molecule has 0 radical (unpaired) electrons. The van der Waals surface area contributed by atoms with Crippen molar-refractivity contribution in [1.29, 1.82) is 0 Å². The van der Waals surface area contributed by atoms with Gasteiger partial charge < -0.3 is 18.9 Å². The Kier molecular flexibility index (Phi) is 8.59. The zero-order chi connectivity index (χ0) is 28.0. The zero-order valence-electron chi connectivity index (χ0n) is 21.5. The number of hydrogen-bond acceptors (Lipinski definition) is 7. The van der Waals surface area contributed by atoms with Crippen LogP contribution in [0, 0.1) is 0 Å². The van der Waals surface area contributed by atoms with E-state index < -0.39 is 42.3 Å². The Labute approximate surface area is 223 Å². The second-order valence-corrected chi connectivity index (χ2v) is 9.13. The highest BCUT2D eigenvalue weighted by atomic mass is 19.4. The van der Waals surface area contributed by atoms with Crippen LogP contribution in [0.15, 0.2) is 66.9 Å². The van der Waals surface area contributed by atoms with Crippen molar-refractivity contribution in [2.75, 3.05) is 13.7 Å². The summed E-state index contributed by atoms with van der Waals surface area (Å²) in [5.41, 5.74) is 0.453. The van der Waals surface area contributed by atoms with Gasteiger partial charge in [0.05, 0.1) is 12.3 Å². The van der Waals surface area contributed by atoms with Gasteiger partial charge in [0.1, 0.15) is 18.9 Å². The van der Waals surface area contributed by atoms with Gasteiger partial charge in [-0.3, -0.25) is 4.68 Å². The van der Waals surface area contributed by atoms with Gasteiger partial charge in [-0.05, 0) is 37.5 Å². The quantitative estimate of drug-likeness (QED) is 0.298. The van der Waals surface area contributed by atoms with E-state index in [1.807, 2.05) is 0 Å². The summed E-state index contributed by atoms with van der Waals surface area (Å²) in [4.78, 5) is 26.3. The molecule has 1 fully saturated rings. The molecule has 0 unspecified atom stereocenters. The molecule has 1 saturated carbocycles. The lowest BCUT2D eigenvalue weighted by atomic mass is 9.88. The Morgan fingerprint density at radius 3 is 2.36 bits per heavy atom. The van der Waals surface area contributed by atoms with Crippen LogP contribution in [0.1, 0.15) is 42.7 Å². The van der Waals surface area contributed by atoms with Gasteiger partial charge in [0.25, 0.3) is 0 Å². The third-order valence-corrected chi connectivity index (χ3v) is 6.51. The predicted molar refractivity (Wildman–Crippen MR) is 133 cm³/mol. The maximum absolute atomic E-state index is 13.2. The third kappa shape index (κ3) is 6.59. The van der Waals surface area contributed by atoms with Gasteiger partial charge in [0, 0.05) is 24.3 Å². The normalized spacial score (nSPS) is 15.7. The summed E-state index contributed by atoms with van der Waals surface area (Å²) < 4.78 is 62.0. The van der Waals surface area contributed by atoms with Crippen molar-refractivity contribution < 1.29 is 41.7 Å². The summed E-state index contributed by atoms with van der Waals surface area (Å²) in [6.45, 7) is 0.302. The minimum atomic E-state index is -4.44. The Morgan fingerprint density at radius 2 is 1.72 bits per heavy atom. The fourth-order valence-electron chi connectivity index (χ4n) is 4.54. The molecule has 0 amide bonds. The van der Waals surface area contributed by atoms with Crippen LogP contribution < -0.4 is 4.74 Å². The molecule has 1 aliphatic rings. The molecule has 1 heterocycles. The molecule has 39 heavy (non-hydrogen) atoms. The first-order chi connectivity index (χ1) is 18.7. The van der Waals surface area contributed by atoms with Crippen LogP contribution in [-0.2, 0) is 42.4 Å². The van der Waals surface area contributed by atoms with Gasteiger partial charge in [-0.15, -0.1) is 0 Å². The molecule has 0 N–H and O–H groups in total. The maximum atomic E-state index is 13.2. The second-order valence-electron chi connectivity index (χ2n) is 9.13. The molecular formula is C28H29F3N2O6. The fourth-order valence-corrected chi connectivity index (χ4v) is 4.54. The number of alkyl halides is 3. The van der Waals surface area contributed by atoms with E-state index in [4.69, 9.17) is 18.9 Å². The lowest BCUT2D eigenvalue weighted by molar-refractivity contribution is -0.177. The fraction of sp³-hybridized carbons (Fsp3) is 0.393. The number of rotatable bonds is 12. The summed E-state index contributed by atoms with van der Waals surface area (Å²) in [7, 11) is 1.37. The number of benzene rings is 2. The van der Waals surface area contributed by atoms with Crippen molar-refractivity contribution in [2.24, 2.45) is 0 Å². The number of carbonyl (C=O) groups excluding carboxylic acids is 2. The van der Waals surface area contributed by atoms with Crippen molar-refractivity contribution in [3.05, 3.63) is 83.7 Å². The van der Waals surface area contributed by atoms with Crippen molar-refractivity contribution in [2.45, 2.75) is 56.7 Å². The number of carbonyl (C=O) groups is 2. The average Bonchev–Trinajstić information content (AvgIpc) is 3.59. The number of nitrogens with zero attached hydrogens (tertiary/aromatic N) is 2. The van der Waals surface area contributed by atoms with Crippen LogP contribution in [0.25, 0.3) is 0 Å². The molecule has 1 aliphatic carbocycles. The number of ether oxygens (including phenoxy) is 4. The molecule has 2 atom stereocenters. The Balaban J connectivity index is 1.59. The van der Waals surface area contributed by atoms with E-state index in [0.29, 0.717) is 29.7 Å². The Hall–Kier alpha value is -3.86. The van der Waals surface area contributed by atoms with Crippen LogP contribution in [0.4, 0.5) is 13.2 Å². The summed E-state index contributed by atoms with van der Waals surface area (Å²) in [6.07, 6.45) is -4.51. The second kappa shape index (κ2) is 11.9. The first-order valence-corrected chi connectivity index (χ1v) is 12.4. The van der Waals surface area contributed by atoms with Gasteiger partial charge >= 0.3 is 18.1 Å². The predicted octanol–water partition coefficient (Wildman–Crippen LogP) is 4.92. The topological polar surface area (TPSA) is 88.9 Å². The van der Waals surface area contributed by atoms with E-state index in [1.165, 1.54) is 19.4 Å². The van der Waals surface area contributed by atoms with E-state index in [2.05, 4.69) is 5.10 Å². The van der Waals surface area contributed by atoms with Crippen LogP contribution in [-0.4, -0.2) is 47.7 Å². The van der Waals surface area contributed by atoms with Gasteiger partial charge in [-0.2, -0.15) is 18.3 Å². The molecule has 0 spiro atoms. The number of aromatic nitrogens is 2. The molecule has 3 aromatic rings. The third-order valence-electron chi connectivity index (χ3n) is 6.51. The van der Waals surface area contributed by atoms with Crippen LogP contribution in [0.5, 0.6) is 5.75 Å². The molecule has 0 bridgehead atoms. The Morgan fingerprint density at radius 1 is 1.03 bits per heavy atom. The van der Waals surface area contributed by atoms with E-state index in [0.717, 1.165) is 4.68 Å². The summed E-state index contributed by atoms with van der Waals surface area (Å²) in [6, 6.07) is 17.1.